The Morgan fingerprint density at radius 1 is 1.29 bits per heavy atom. The molecule has 0 aliphatic rings. The zero-order valence-corrected chi connectivity index (χ0v) is 11.0. The van der Waals surface area contributed by atoms with E-state index in [0.29, 0.717) is 12.5 Å². The van der Waals surface area contributed by atoms with Gasteiger partial charge in [-0.2, -0.15) is 4.37 Å². The fourth-order valence-electron chi connectivity index (χ4n) is 1.22. The average molecular weight is 249 g/mol. The summed E-state index contributed by atoms with van der Waals surface area (Å²) in [5, 5.41) is 4.03. The maximum atomic E-state index is 4.39. The van der Waals surface area contributed by atoms with Gasteiger partial charge >= 0.3 is 0 Å². The van der Waals surface area contributed by atoms with Crippen LogP contribution in [0.1, 0.15) is 37.0 Å². The fourth-order valence-corrected chi connectivity index (χ4v) is 1.92. The lowest BCUT2D eigenvalue weighted by atomic mass is 10.2. The maximum Gasteiger partial charge on any atom is 0.202 e. The van der Waals surface area contributed by atoms with Gasteiger partial charge in [-0.05, 0) is 6.92 Å². The van der Waals surface area contributed by atoms with Crippen LogP contribution >= 0.6 is 11.5 Å². The van der Waals surface area contributed by atoms with Crippen LogP contribution in [0.3, 0.4) is 0 Å². The summed E-state index contributed by atoms with van der Waals surface area (Å²) in [5.41, 5.74) is 1.82. The van der Waals surface area contributed by atoms with E-state index in [4.69, 9.17) is 0 Å². The first-order chi connectivity index (χ1) is 8.15. The van der Waals surface area contributed by atoms with Crippen LogP contribution < -0.4 is 5.32 Å². The van der Waals surface area contributed by atoms with Crippen molar-refractivity contribution < 1.29 is 0 Å². The van der Waals surface area contributed by atoms with E-state index < -0.39 is 0 Å². The molecule has 2 rings (SSSR count). The normalized spacial score (nSPS) is 10.8. The van der Waals surface area contributed by atoms with Gasteiger partial charge in [-0.25, -0.2) is 4.98 Å². The predicted octanol–water partition coefficient (Wildman–Crippen LogP) is 2.37. The van der Waals surface area contributed by atoms with Gasteiger partial charge < -0.3 is 5.32 Å². The minimum Gasteiger partial charge on any atom is -0.355 e. The van der Waals surface area contributed by atoms with Crippen molar-refractivity contribution in [1.29, 1.82) is 0 Å². The number of hydrogen-bond acceptors (Lipinski definition) is 6. The van der Waals surface area contributed by atoms with Crippen molar-refractivity contribution in [3.8, 4) is 0 Å². The van der Waals surface area contributed by atoms with Crippen molar-refractivity contribution >= 4 is 16.7 Å². The Labute approximate surface area is 105 Å². The van der Waals surface area contributed by atoms with Crippen LogP contribution in [-0.4, -0.2) is 19.3 Å². The molecule has 0 aliphatic heterocycles. The molecule has 6 heteroatoms. The molecule has 90 valence electrons. The Kier molecular flexibility index (Phi) is 3.63. The van der Waals surface area contributed by atoms with Gasteiger partial charge in [0, 0.05) is 23.6 Å². The van der Waals surface area contributed by atoms with Crippen molar-refractivity contribution in [3.05, 3.63) is 29.6 Å². The van der Waals surface area contributed by atoms with Gasteiger partial charge in [0.25, 0.3) is 0 Å². The molecule has 0 bridgehead atoms. The van der Waals surface area contributed by atoms with Crippen LogP contribution in [0.5, 0.6) is 0 Å². The molecule has 0 saturated heterocycles. The van der Waals surface area contributed by atoms with Crippen LogP contribution in [0.2, 0.25) is 0 Å². The highest BCUT2D eigenvalue weighted by Crippen LogP contribution is 2.17. The first kappa shape index (κ1) is 11.9. The van der Waals surface area contributed by atoms with Gasteiger partial charge in [0.1, 0.15) is 5.82 Å². The van der Waals surface area contributed by atoms with Gasteiger partial charge in [-0.15, -0.1) is 0 Å². The molecule has 2 aromatic heterocycles. The van der Waals surface area contributed by atoms with Crippen LogP contribution in [0.15, 0.2) is 12.4 Å². The molecule has 2 aromatic rings. The molecule has 5 nitrogen and oxygen atoms in total. The number of aryl methyl sites for hydroxylation is 1. The van der Waals surface area contributed by atoms with Gasteiger partial charge in [0.2, 0.25) is 5.13 Å². The zero-order valence-electron chi connectivity index (χ0n) is 10.1. The van der Waals surface area contributed by atoms with Crippen LogP contribution in [0.25, 0.3) is 0 Å². The molecule has 0 fully saturated rings. The minimum absolute atomic E-state index is 0.362. The summed E-state index contributed by atoms with van der Waals surface area (Å²) in [7, 11) is 0. The molecule has 0 aliphatic carbocycles. The van der Waals surface area contributed by atoms with E-state index in [2.05, 4.69) is 38.5 Å². The average Bonchev–Trinajstić information content (AvgIpc) is 2.77. The third kappa shape index (κ3) is 3.20. The highest BCUT2D eigenvalue weighted by atomic mass is 32.1. The second-order valence-electron chi connectivity index (χ2n) is 4.12. The minimum atomic E-state index is 0.362. The molecule has 0 aromatic carbocycles. The van der Waals surface area contributed by atoms with Gasteiger partial charge in [0.05, 0.1) is 24.1 Å². The second kappa shape index (κ2) is 5.18. The lowest BCUT2D eigenvalue weighted by Crippen LogP contribution is -2.02. The quantitative estimate of drug-likeness (QED) is 0.901. The molecular formula is C11H15N5S. The first-order valence-corrected chi connectivity index (χ1v) is 6.27. The summed E-state index contributed by atoms with van der Waals surface area (Å²) in [6, 6.07) is 0. The standard InChI is InChI=1S/C11H15N5S/c1-7(2)10-15-11(17-16-10)14-6-9-5-12-8(3)4-13-9/h4-5,7H,6H2,1-3H3,(H,14,15,16). The van der Waals surface area contributed by atoms with E-state index in [-0.39, 0.29) is 0 Å². The third-order valence-electron chi connectivity index (χ3n) is 2.21. The van der Waals surface area contributed by atoms with Crippen molar-refractivity contribution in [2.24, 2.45) is 0 Å². The molecule has 0 spiro atoms. The maximum absolute atomic E-state index is 4.39. The molecule has 0 atom stereocenters. The number of rotatable bonds is 4. The van der Waals surface area contributed by atoms with E-state index in [0.717, 1.165) is 22.3 Å². The largest absolute Gasteiger partial charge is 0.355 e. The van der Waals surface area contributed by atoms with E-state index in [1.54, 1.807) is 12.4 Å². The van der Waals surface area contributed by atoms with Crippen molar-refractivity contribution in [2.45, 2.75) is 33.2 Å². The van der Waals surface area contributed by atoms with Crippen LogP contribution in [0, 0.1) is 6.92 Å². The van der Waals surface area contributed by atoms with Crippen molar-refractivity contribution in [3.63, 3.8) is 0 Å². The Morgan fingerprint density at radius 2 is 2.12 bits per heavy atom. The smallest absolute Gasteiger partial charge is 0.202 e. The zero-order chi connectivity index (χ0) is 12.3. The topological polar surface area (TPSA) is 63.6 Å². The fraction of sp³-hybridized carbons (Fsp3) is 0.455. The second-order valence-corrected chi connectivity index (χ2v) is 4.87. The van der Waals surface area contributed by atoms with E-state index in [1.165, 1.54) is 11.5 Å². The highest BCUT2D eigenvalue weighted by Gasteiger charge is 2.07. The number of nitrogens with one attached hydrogen (secondary N) is 1. The van der Waals surface area contributed by atoms with Crippen molar-refractivity contribution in [2.75, 3.05) is 5.32 Å². The molecular weight excluding hydrogens is 234 g/mol. The SMILES string of the molecule is Cc1cnc(CNc2nc(C(C)C)ns2)cn1. The number of anilines is 1. The predicted molar refractivity (Wildman–Crippen MR) is 68.1 cm³/mol. The first-order valence-electron chi connectivity index (χ1n) is 5.50. The number of hydrogen-bond donors (Lipinski definition) is 1. The van der Waals surface area contributed by atoms with Gasteiger partial charge in [-0.3, -0.25) is 9.97 Å². The summed E-state index contributed by atoms with van der Waals surface area (Å²) in [6.45, 7) is 6.71. The van der Waals surface area contributed by atoms with E-state index in [1.807, 2.05) is 6.92 Å². The van der Waals surface area contributed by atoms with Crippen LogP contribution in [-0.2, 0) is 6.54 Å². The van der Waals surface area contributed by atoms with Crippen LogP contribution in [0.4, 0.5) is 5.13 Å². The molecule has 2 heterocycles. The highest BCUT2D eigenvalue weighted by molar-refractivity contribution is 7.09. The Morgan fingerprint density at radius 3 is 2.71 bits per heavy atom. The summed E-state index contributed by atoms with van der Waals surface area (Å²) in [5.74, 6) is 1.24. The van der Waals surface area contributed by atoms with Gasteiger partial charge in [-0.1, -0.05) is 13.8 Å². The van der Waals surface area contributed by atoms with E-state index in [9.17, 15) is 0 Å². The molecule has 0 radical (unpaired) electrons. The molecule has 0 unspecified atom stereocenters. The lowest BCUT2D eigenvalue weighted by molar-refractivity contribution is 0.799. The molecule has 0 amide bonds. The Hall–Kier alpha value is -1.56. The van der Waals surface area contributed by atoms with E-state index >= 15 is 0 Å². The Balaban J connectivity index is 1.95. The lowest BCUT2D eigenvalue weighted by Gasteiger charge is -2.01. The summed E-state index contributed by atoms with van der Waals surface area (Å²) >= 11 is 1.38. The van der Waals surface area contributed by atoms with Crippen molar-refractivity contribution in [1.82, 2.24) is 19.3 Å². The molecule has 17 heavy (non-hydrogen) atoms. The van der Waals surface area contributed by atoms with Gasteiger partial charge in [0.15, 0.2) is 0 Å². The number of nitrogens with zero attached hydrogens (tertiary/aromatic N) is 4. The Bertz CT molecular complexity index is 477. The summed E-state index contributed by atoms with van der Waals surface area (Å²) < 4.78 is 4.27. The summed E-state index contributed by atoms with van der Waals surface area (Å²) in [4.78, 5) is 12.8. The number of aromatic nitrogens is 4. The third-order valence-corrected chi connectivity index (χ3v) is 2.90. The molecule has 0 saturated carbocycles. The monoisotopic (exact) mass is 249 g/mol. The summed E-state index contributed by atoms with van der Waals surface area (Å²) in [6.07, 6.45) is 3.53. The molecule has 1 N–H and O–H groups in total.